The molecule has 0 spiro atoms. The lowest BCUT2D eigenvalue weighted by molar-refractivity contribution is -0.129. The number of amides is 2. The van der Waals surface area contributed by atoms with Crippen LogP contribution in [0.2, 0.25) is 0 Å². The molecule has 0 aliphatic carbocycles. The summed E-state index contributed by atoms with van der Waals surface area (Å²) in [5.74, 6) is -0.175. The van der Waals surface area contributed by atoms with E-state index >= 15 is 0 Å². The summed E-state index contributed by atoms with van der Waals surface area (Å²) in [6, 6.07) is 5.22. The molecule has 3 aromatic heterocycles. The van der Waals surface area contributed by atoms with Gasteiger partial charge in [-0.15, -0.1) is 22.7 Å². The van der Waals surface area contributed by atoms with Crippen LogP contribution >= 0.6 is 38.6 Å². The fraction of sp³-hybridized carbons (Fsp3) is 0.188. The molecule has 6 nitrogen and oxygen atoms in total. The number of carbonyl (C=O) groups is 2. The van der Waals surface area contributed by atoms with Gasteiger partial charge in [-0.2, -0.15) is 0 Å². The number of carbonyl (C=O) groups excluding carboxylic acids is 2. The normalized spacial score (nSPS) is 10.6. The number of hydrogen-bond donors (Lipinski definition) is 1. The number of furan rings is 1. The summed E-state index contributed by atoms with van der Waals surface area (Å²) in [4.78, 5) is 31.3. The smallest absolute Gasteiger partial charge is 0.293 e. The molecule has 0 aliphatic rings. The Morgan fingerprint density at radius 3 is 2.88 bits per heavy atom. The highest BCUT2D eigenvalue weighted by Gasteiger charge is 2.15. The monoisotopic (exact) mass is 439 g/mol. The minimum absolute atomic E-state index is 0.0290. The van der Waals surface area contributed by atoms with Gasteiger partial charge in [-0.25, -0.2) is 4.98 Å². The average Bonchev–Trinajstić information content (AvgIpc) is 3.30. The Kier molecular flexibility index (Phi) is 5.67. The molecular weight excluding hydrogens is 426 g/mol. The molecule has 0 unspecified atom stereocenters. The summed E-state index contributed by atoms with van der Waals surface area (Å²) < 4.78 is 6.05. The van der Waals surface area contributed by atoms with Gasteiger partial charge in [0, 0.05) is 27.2 Å². The second kappa shape index (κ2) is 7.94. The molecule has 25 heavy (non-hydrogen) atoms. The second-order valence-corrected chi connectivity index (χ2v) is 8.00. The van der Waals surface area contributed by atoms with Crippen LogP contribution in [0.3, 0.4) is 0 Å². The zero-order chi connectivity index (χ0) is 17.8. The van der Waals surface area contributed by atoms with Crippen molar-refractivity contribution in [3.05, 3.63) is 56.0 Å². The highest BCUT2D eigenvalue weighted by molar-refractivity contribution is 9.10. The number of hydrogen-bond acceptors (Lipinski definition) is 6. The largest absolute Gasteiger partial charge is 0.459 e. The summed E-state index contributed by atoms with van der Waals surface area (Å²) in [5, 5.41) is 6.85. The Morgan fingerprint density at radius 1 is 1.36 bits per heavy atom. The molecule has 0 aliphatic heterocycles. The quantitative estimate of drug-likeness (QED) is 0.629. The molecule has 0 fully saturated rings. The molecule has 3 aromatic rings. The van der Waals surface area contributed by atoms with Gasteiger partial charge in [0.2, 0.25) is 5.91 Å². The highest BCUT2D eigenvalue weighted by atomic mass is 79.9. The van der Waals surface area contributed by atoms with E-state index in [-0.39, 0.29) is 24.0 Å². The summed E-state index contributed by atoms with van der Waals surface area (Å²) in [5.41, 5.74) is 0.629. The summed E-state index contributed by atoms with van der Waals surface area (Å²) in [7, 11) is 1.77. The van der Waals surface area contributed by atoms with Gasteiger partial charge in [-0.05, 0) is 34.1 Å². The van der Waals surface area contributed by atoms with Crippen molar-refractivity contribution in [3.8, 4) is 0 Å². The van der Waals surface area contributed by atoms with Crippen LogP contribution in [0, 0.1) is 0 Å². The standard InChI is InChI=1S/C16H14BrN3O3S2/c1-20(7-12-5-10(17)8-24-12)14(21)6-11-9-25-16(18-11)19-15(22)13-3-2-4-23-13/h2-5,8-9H,6-7H2,1H3,(H,18,19,22). The minimum Gasteiger partial charge on any atom is -0.459 e. The van der Waals surface area contributed by atoms with E-state index in [4.69, 9.17) is 4.42 Å². The lowest BCUT2D eigenvalue weighted by Gasteiger charge is -2.15. The van der Waals surface area contributed by atoms with Crippen molar-refractivity contribution in [1.29, 1.82) is 0 Å². The SMILES string of the molecule is CN(Cc1cc(Br)cs1)C(=O)Cc1csc(NC(=O)c2ccco2)n1. The molecule has 0 radical (unpaired) electrons. The highest BCUT2D eigenvalue weighted by Crippen LogP contribution is 2.21. The molecule has 9 heteroatoms. The fourth-order valence-electron chi connectivity index (χ4n) is 2.06. The molecule has 0 saturated carbocycles. The van der Waals surface area contributed by atoms with E-state index < -0.39 is 0 Å². The third-order valence-corrected chi connectivity index (χ3v) is 5.78. The van der Waals surface area contributed by atoms with Gasteiger partial charge in [-0.1, -0.05) is 0 Å². The first-order valence-corrected chi connectivity index (χ1v) is 9.82. The van der Waals surface area contributed by atoms with Gasteiger partial charge in [-0.3, -0.25) is 14.9 Å². The Labute approximate surface area is 160 Å². The molecule has 0 saturated heterocycles. The fourth-order valence-corrected chi connectivity index (χ4v) is 4.27. The van der Waals surface area contributed by atoms with Gasteiger partial charge < -0.3 is 9.32 Å². The topological polar surface area (TPSA) is 75.4 Å². The number of thiazole rings is 1. The van der Waals surface area contributed by atoms with Gasteiger partial charge in [0.15, 0.2) is 10.9 Å². The lowest BCUT2D eigenvalue weighted by Crippen LogP contribution is -2.27. The van der Waals surface area contributed by atoms with Crippen LogP contribution in [0.4, 0.5) is 5.13 Å². The second-order valence-electron chi connectivity index (χ2n) is 5.23. The van der Waals surface area contributed by atoms with E-state index in [2.05, 4.69) is 26.2 Å². The first kappa shape index (κ1) is 17.8. The van der Waals surface area contributed by atoms with Crippen molar-refractivity contribution in [2.45, 2.75) is 13.0 Å². The van der Waals surface area contributed by atoms with Gasteiger partial charge in [0.25, 0.3) is 5.91 Å². The number of nitrogens with one attached hydrogen (secondary N) is 1. The maximum Gasteiger partial charge on any atom is 0.293 e. The summed E-state index contributed by atoms with van der Waals surface area (Å²) >= 11 is 6.28. The molecule has 0 atom stereocenters. The molecule has 1 N–H and O–H groups in total. The predicted molar refractivity (Wildman–Crippen MR) is 101 cm³/mol. The van der Waals surface area contributed by atoms with Crippen LogP contribution in [-0.4, -0.2) is 28.7 Å². The first-order chi connectivity index (χ1) is 12.0. The summed E-state index contributed by atoms with van der Waals surface area (Å²) in [6.07, 6.45) is 1.62. The van der Waals surface area contributed by atoms with E-state index in [1.54, 1.807) is 40.8 Å². The van der Waals surface area contributed by atoms with Crippen molar-refractivity contribution >= 4 is 55.5 Å². The number of anilines is 1. The number of likely N-dealkylation sites (N-methyl/N-ethyl adjacent to an activating group) is 1. The van der Waals surface area contributed by atoms with E-state index in [0.29, 0.717) is 17.4 Å². The minimum atomic E-state index is -0.363. The van der Waals surface area contributed by atoms with Gasteiger partial charge >= 0.3 is 0 Å². The first-order valence-electron chi connectivity index (χ1n) is 7.27. The maximum absolute atomic E-state index is 12.3. The summed E-state index contributed by atoms with van der Waals surface area (Å²) in [6.45, 7) is 0.557. The number of rotatable bonds is 6. The van der Waals surface area contributed by atoms with E-state index in [0.717, 1.165) is 9.35 Å². The van der Waals surface area contributed by atoms with Crippen molar-refractivity contribution in [3.63, 3.8) is 0 Å². The van der Waals surface area contributed by atoms with E-state index in [1.165, 1.54) is 17.6 Å². The molecule has 0 bridgehead atoms. The molecule has 130 valence electrons. The van der Waals surface area contributed by atoms with Crippen molar-refractivity contribution in [2.24, 2.45) is 0 Å². The van der Waals surface area contributed by atoms with E-state index in [1.807, 2.05) is 11.4 Å². The molecule has 3 heterocycles. The predicted octanol–water partition coefficient (Wildman–Crippen LogP) is 4.01. The number of thiophene rings is 1. The Morgan fingerprint density at radius 2 is 2.20 bits per heavy atom. The number of aromatic nitrogens is 1. The maximum atomic E-state index is 12.3. The van der Waals surface area contributed by atoms with Crippen LogP contribution in [0.1, 0.15) is 21.1 Å². The van der Waals surface area contributed by atoms with Crippen LogP contribution < -0.4 is 5.32 Å². The Bertz CT molecular complexity index is 873. The average molecular weight is 440 g/mol. The molecular formula is C16H14BrN3O3S2. The Balaban J connectivity index is 1.55. The van der Waals surface area contributed by atoms with Crippen molar-refractivity contribution in [1.82, 2.24) is 9.88 Å². The molecule has 3 rings (SSSR count). The third kappa shape index (κ3) is 4.77. The van der Waals surface area contributed by atoms with Gasteiger partial charge in [0.1, 0.15) is 0 Å². The van der Waals surface area contributed by atoms with Crippen LogP contribution in [-0.2, 0) is 17.8 Å². The number of halogens is 1. The zero-order valence-corrected chi connectivity index (χ0v) is 16.4. The molecule has 0 aromatic carbocycles. The van der Waals surface area contributed by atoms with E-state index in [9.17, 15) is 9.59 Å². The van der Waals surface area contributed by atoms with Crippen LogP contribution in [0.5, 0.6) is 0 Å². The van der Waals surface area contributed by atoms with Crippen LogP contribution in [0.25, 0.3) is 0 Å². The van der Waals surface area contributed by atoms with Crippen molar-refractivity contribution < 1.29 is 14.0 Å². The van der Waals surface area contributed by atoms with Crippen LogP contribution in [0.15, 0.2) is 44.1 Å². The van der Waals surface area contributed by atoms with Gasteiger partial charge in [0.05, 0.1) is 24.9 Å². The third-order valence-electron chi connectivity index (χ3n) is 3.29. The number of nitrogens with zero attached hydrogens (tertiary/aromatic N) is 2. The Hall–Kier alpha value is -1.97. The lowest BCUT2D eigenvalue weighted by atomic mass is 10.3. The van der Waals surface area contributed by atoms with Crippen molar-refractivity contribution in [2.75, 3.05) is 12.4 Å². The molecule has 2 amide bonds. The zero-order valence-electron chi connectivity index (χ0n) is 13.2.